The van der Waals surface area contributed by atoms with Gasteiger partial charge >= 0.3 is 12.0 Å². The summed E-state index contributed by atoms with van der Waals surface area (Å²) in [7, 11) is 0. The summed E-state index contributed by atoms with van der Waals surface area (Å²) < 4.78 is 0. The number of carboxylic acid groups (broad SMARTS) is 1. The van der Waals surface area contributed by atoms with Gasteiger partial charge in [0.25, 0.3) is 5.91 Å². The zero-order valence-corrected chi connectivity index (χ0v) is 13.2. The maximum atomic E-state index is 12.2. The van der Waals surface area contributed by atoms with E-state index < -0.39 is 17.4 Å². The van der Waals surface area contributed by atoms with Crippen molar-refractivity contribution in [3.63, 3.8) is 0 Å². The second-order valence-corrected chi connectivity index (χ2v) is 6.03. The Hall–Kier alpha value is -2.57. The average molecular weight is 319 g/mol. The summed E-state index contributed by atoms with van der Waals surface area (Å²) in [6, 6.07) is 6.00. The van der Waals surface area contributed by atoms with Crippen LogP contribution in [0.15, 0.2) is 24.3 Å². The monoisotopic (exact) mass is 319 g/mol. The van der Waals surface area contributed by atoms with Gasteiger partial charge in [0.1, 0.15) is 5.54 Å². The van der Waals surface area contributed by atoms with E-state index in [1.54, 1.807) is 24.3 Å². The molecular formula is C16H21N3O4. The Labute approximate surface area is 134 Å². The zero-order chi connectivity index (χ0) is 17.0. The van der Waals surface area contributed by atoms with Gasteiger partial charge in [-0.05, 0) is 57.4 Å². The first-order valence-electron chi connectivity index (χ1n) is 7.56. The fourth-order valence-electron chi connectivity index (χ4n) is 2.35. The third kappa shape index (κ3) is 4.00. The highest BCUT2D eigenvalue weighted by molar-refractivity contribution is 5.99. The number of carbonyl (C=O) groups excluding carboxylic acids is 2. The van der Waals surface area contributed by atoms with E-state index in [1.807, 2.05) is 13.8 Å². The van der Waals surface area contributed by atoms with Crippen LogP contribution < -0.4 is 16.0 Å². The molecule has 7 nitrogen and oxygen atoms in total. The van der Waals surface area contributed by atoms with Crippen molar-refractivity contribution in [2.24, 2.45) is 0 Å². The van der Waals surface area contributed by atoms with E-state index in [9.17, 15) is 19.5 Å². The minimum absolute atomic E-state index is 0.0229. The van der Waals surface area contributed by atoms with Gasteiger partial charge in [-0.1, -0.05) is 0 Å². The molecule has 4 N–H and O–H groups in total. The van der Waals surface area contributed by atoms with Gasteiger partial charge in [-0.15, -0.1) is 0 Å². The fourth-order valence-corrected chi connectivity index (χ4v) is 2.35. The number of benzene rings is 1. The fraction of sp³-hybridized carbons (Fsp3) is 0.438. The lowest BCUT2D eigenvalue weighted by Crippen LogP contribution is -2.59. The molecule has 7 heteroatoms. The molecule has 0 unspecified atom stereocenters. The molecule has 0 radical (unpaired) electrons. The molecule has 0 heterocycles. The quantitative estimate of drug-likeness (QED) is 0.665. The van der Waals surface area contributed by atoms with Crippen molar-refractivity contribution in [3.05, 3.63) is 29.8 Å². The van der Waals surface area contributed by atoms with Gasteiger partial charge in [0.15, 0.2) is 0 Å². The molecule has 0 spiro atoms. The van der Waals surface area contributed by atoms with Crippen molar-refractivity contribution < 1.29 is 19.5 Å². The van der Waals surface area contributed by atoms with Crippen molar-refractivity contribution in [1.82, 2.24) is 10.6 Å². The van der Waals surface area contributed by atoms with E-state index in [1.165, 1.54) is 0 Å². The normalized spacial score (nSPS) is 15.4. The molecule has 23 heavy (non-hydrogen) atoms. The second kappa shape index (κ2) is 6.68. The molecule has 1 saturated carbocycles. The van der Waals surface area contributed by atoms with Crippen LogP contribution in [0.2, 0.25) is 0 Å². The number of aliphatic carboxylic acids is 1. The van der Waals surface area contributed by atoms with E-state index in [2.05, 4.69) is 16.0 Å². The van der Waals surface area contributed by atoms with Crippen LogP contribution in [-0.2, 0) is 4.79 Å². The number of urea groups is 1. The van der Waals surface area contributed by atoms with E-state index in [4.69, 9.17) is 0 Å². The van der Waals surface area contributed by atoms with Crippen LogP contribution in [0.5, 0.6) is 0 Å². The van der Waals surface area contributed by atoms with Gasteiger partial charge in [-0.3, -0.25) is 4.79 Å². The summed E-state index contributed by atoms with van der Waals surface area (Å²) in [5, 5.41) is 17.2. The first-order valence-corrected chi connectivity index (χ1v) is 7.56. The van der Waals surface area contributed by atoms with Gasteiger partial charge in [0, 0.05) is 17.3 Å². The minimum Gasteiger partial charge on any atom is -0.480 e. The summed E-state index contributed by atoms with van der Waals surface area (Å²) >= 11 is 0. The largest absolute Gasteiger partial charge is 0.480 e. The topological polar surface area (TPSA) is 108 Å². The van der Waals surface area contributed by atoms with Crippen LogP contribution in [0.3, 0.4) is 0 Å². The number of anilines is 1. The van der Waals surface area contributed by atoms with Crippen LogP contribution in [0.25, 0.3) is 0 Å². The molecule has 0 atom stereocenters. The number of carboxylic acids is 1. The molecular weight excluding hydrogens is 298 g/mol. The van der Waals surface area contributed by atoms with Crippen molar-refractivity contribution in [1.29, 1.82) is 0 Å². The van der Waals surface area contributed by atoms with Gasteiger partial charge in [0.2, 0.25) is 0 Å². The van der Waals surface area contributed by atoms with Crippen LogP contribution in [0, 0.1) is 0 Å². The Morgan fingerprint density at radius 2 is 1.74 bits per heavy atom. The lowest BCUT2D eigenvalue weighted by molar-refractivity contribution is -0.148. The molecule has 3 amide bonds. The number of rotatable bonds is 5. The summed E-state index contributed by atoms with van der Waals surface area (Å²) in [6.07, 6.45) is 1.69. The summed E-state index contributed by atoms with van der Waals surface area (Å²) in [6.45, 7) is 3.71. The van der Waals surface area contributed by atoms with Crippen LogP contribution in [-0.4, -0.2) is 34.6 Å². The second-order valence-electron chi connectivity index (χ2n) is 6.03. The Balaban J connectivity index is 1.97. The average Bonchev–Trinajstić information content (AvgIpc) is 2.42. The van der Waals surface area contributed by atoms with Crippen molar-refractivity contribution in [2.45, 2.75) is 44.7 Å². The maximum Gasteiger partial charge on any atom is 0.329 e. The van der Waals surface area contributed by atoms with Crippen molar-refractivity contribution in [2.75, 3.05) is 5.32 Å². The minimum atomic E-state index is -1.13. The number of amides is 3. The van der Waals surface area contributed by atoms with Gasteiger partial charge in [0.05, 0.1) is 0 Å². The summed E-state index contributed by atoms with van der Waals surface area (Å²) in [5.41, 5.74) is -0.228. The first-order chi connectivity index (χ1) is 10.8. The molecule has 1 aliphatic rings. The van der Waals surface area contributed by atoms with Gasteiger partial charge in [-0.25, -0.2) is 9.59 Å². The lowest BCUT2D eigenvalue weighted by Gasteiger charge is -2.38. The van der Waals surface area contributed by atoms with E-state index in [-0.39, 0.29) is 12.1 Å². The molecule has 0 saturated heterocycles. The molecule has 1 aromatic carbocycles. The Kier molecular flexibility index (Phi) is 4.88. The molecule has 0 aliphatic heterocycles. The number of nitrogens with one attached hydrogen (secondary N) is 3. The molecule has 1 aliphatic carbocycles. The molecule has 1 fully saturated rings. The summed E-state index contributed by atoms with van der Waals surface area (Å²) in [5.74, 6) is -1.42. The Bertz CT molecular complexity index is 606. The highest BCUT2D eigenvalue weighted by Crippen LogP contribution is 2.32. The molecule has 0 bridgehead atoms. The highest BCUT2D eigenvalue weighted by atomic mass is 16.4. The smallest absolute Gasteiger partial charge is 0.329 e. The number of hydrogen-bond acceptors (Lipinski definition) is 3. The van der Waals surface area contributed by atoms with Crippen molar-refractivity contribution >= 4 is 23.6 Å². The van der Waals surface area contributed by atoms with Gasteiger partial charge in [-0.2, -0.15) is 0 Å². The van der Waals surface area contributed by atoms with E-state index >= 15 is 0 Å². The Morgan fingerprint density at radius 1 is 1.13 bits per heavy atom. The third-order valence-electron chi connectivity index (χ3n) is 3.79. The third-order valence-corrected chi connectivity index (χ3v) is 3.79. The Morgan fingerprint density at radius 3 is 2.17 bits per heavy atom. The summed E-state index contributed by atoms with van der Waals surface area (Å²) in [4.78, 5) is 35.0. The van der Waals surface area contributed by atoms with Crippen LogP contribution in [0.1, 0.15) is 43.5 Å². The molecule has 124 valence electrons. The standard InChI is InChI=1S/C16H21N3O4/c1-10(2)17-15(23)18-12-6-4-11(5-7-12)13(20)19-16(14(21)22)8-3-9-16/h4-7,10H,3,8-9H2,1-2H3,(H,19,20)(H,21,22)(H2,17,18,23). The predicted octanol–water partition coefficient (Wildman–Crippen LogP) is 1.95. The molecule has 1 aromatic rings. The number of carbonyl (C=O) groups is 3. The lowest BCUT2D eigenvalue weighted by atomic mass is 9.76. The predicted molar refractivity (Wildman–Crippen MR) is 85.4 cm³/mol. The maximum absolute atomic E-state index is 12.2. The van der Waals surface area contributed by atoms with E-state index in [0.717, 1.165) is 6.42 Å². The highest BCUT2D eigenvalue weighted by Gasteiger charge is 2.45. The van der Waals surface area contributed by atoms with Gasteiger partial charge < -0.3 is 21.1 Å². The zero-order valence-electron chi connectivity index (χ0n) is 13.2. The number of hydrogen-bond donors (Lipinski definition) is 4. The SMILES string of the molecule is CC(C)NC(=O)Nc1ccc(C(=O)NC2(C(=O)O)CCC2)cc1. The first kappa shape index (κ1) is 16.8. The van der Waals surface area contributed by atoms with Crippen LogP contribution >= 0.6 is 0 Å². The van der Waals surface area contributed by atoms with Crippen molar-refractivity contribution in [3.8, 4) is 0 Å². The molecule has 2 rings (SSSR count). The van der Waals surface area contributed by atoms with Crippen LogP contribution in [0.4, 0.5) is 10.5 Å². The molecule has 0 aromatic heterocycles. The van der Waals surface area contributed by atoms with E-state index in [0.29, 0.717) is 24.1 Å².